The van der Waals surface area contributed by atoms with E-state index in [4.69, 9.17) is 10.00 Å². The molecule has 1 amide bonds. The molecule has 13 heavy (non-hydrogen) atoms. The van der Waals surface area contributed by atoms with Crippen LogP contribution in [0.2, 0.25) is 0 Å². The van der Waals surface area contributed by atoms with Gasteiger partial charge in [-0.2, -0.15) is 5.26 Å². The molecule has 1 unspecified atom stereocenters. The van der Waals surface area contributed by atoms with Crippen LogP contribution in [-0.4, -0.2) is 30.2 Å². The van der Waals surface area contributed by atoms with Gasteiger partial charge < -0.3 is 9.64 Å². The van der Waals surface area contributed by atoms with E-state index in [0.29, 0.717) is 26.0 Å². The van der Waals surface area contributed by atoms with Crippen LogP contribution in [0.3, 0.4) is 0 Å². The molecule has 4 heteroatoms. The van der Waals surface area contributed by atoms with E-state index >= 15 is 0 Å². The van der Waals surface area contributed by atoms with E-state index < -0.39 is 0 Å². The zero-order valence-electron chi connectivity index (χ0n) is 7.82. The van der Waals surface area contributed by atoms with Crippen LogP contribution in [0.1, 0.15) is 26.2 Å². The second-order valence-electron chi connectivity index (χ2n) is 2.94. The fraction of sp³-hybridized carbons (Fsp3) is 0.778. The number of carbonyl (C=O) groups is 1. The minimum absolute atomic E-state index is 0.0918. The normalized spacial score (nSPS) is 22.0. The largest absolute Gasteiger partial charge is 0.359 e. The monoisotopic (exact) mass is 182 g/mol. The molecule has 0 spiro atoms. The van der Waals surface area contributed by atoms with E-state index in [1.165, 1.54) is 0 Å². The first-order valence-corrected chi connectivity index (χ1v) is 4.57. The molecule has 0 aromatic rings. The van der Waals surface area contributed by atoms with Crippen molar-refractivity contribution in [1.82, 2.24) is 4.90 Å². The van der Waals surface area contributed by atoms with Crippen molar-refractivity contribution in [2.24, 2.45) is 0 Å². The Morgan fingerprint density at radius 2 is 2.54 bits per heavy atom. The summed E-state index contributed by atoms with van der Waals surface area (Å²) in [5, 5.41) is 8.40. The maximum atomic E-state index is 11.3. The summed E-state index contributed by atoms with van der Waals surface area (Å²) in [7, 11) is 0. The van der Waals surface area contributed by atoms with Gasteiger partial charge in [-0.25, -0.2) is 0 Å². The number of nitriles is 1. The van der Waals surface area contributed by atoms with Gasteiger partial charge in [0.1, 0.15) is 6.23 Å². The number of hydrogen-bond donors (Lipinski definition) is 0. The van der Waals surface area contributed by atoms with Crippen LogP contribution in [0, 0.1) is 11.3 Å². The molecule has 0 saturated carbocycles. The van der Waals surface area contributed by atoms with Crippen molar-refractivity contribution in [3.8, 4) is 6.07 Å². The first kappa shape index (κ1) is 10.0. The first-order valence-electron chi connectivity index (χ1n) is 4.57. The summed E-state index contributed by atoms with van der Waals surface area (Å²) < 4.78 is 5.38. The Bertz CT molecular complexity index is 222. The molecule has 0 aliphatic carbocycles. The molecule has 72 valence electrons. The lowest BCUT2D eigenvalue weighted by molar-refractivity contribution is -0.135. The predicted octanol–water partition coefficient (Wildman–Crippen LogP) is 0.885. The zero-order valence-corrected chi connectivity index (χ0v) is 7.82. The molecule has 4 nitrogen and oxygen atoms in total. The number of ether oxygens (including phenoxy) is 1. The third kappa shape index (κ3) is 2.43. The van der Waals surface area contributed by atoms with Crippen molar-refractivity contribution in [2.75, 3.05) is 13.2 Å². The van der Waals surface area contributed by atoms with Gasteiger partial charge >= 0.3 is 0 Å². The number of likely N-dealkylation sites (tertiary alicyclic amines) is 1. The summed E-state index contributed by atoms with van der Waals surface area (Å²) in [6.45, 7) is 3.02. The van der Waals surface area contributed by atoms with E-state index in [1.807, 2.05) is 13.0 Å². The summed E-state index contributed by atoms with van der Waals surface area (Å²) in [5.74, 6) is 0.105. The van der Waals surface area contributed by atoms with Crippen molar-refractivity contribution >= 4 is 5.91 Å². The van der Waals surface area contributed by atoms with Crippen molar-refractivity contribution in [3.05, 3.63) is 0 Å². The van der Waals surface area contributed by atoms with Gasteiger partial charge in [-0.15, -0.1) is 0 Å². The number of nitrogens with zero attached hydrogens (tertiary/aromatic N) is 2. The molecule has 1 rings (SSSR count). The Hall–Kier alpha value is -1.08. The van der Waals surface area contributed by atoms with Gasteiger partial charge in [0.2, 0.25) is 5.91 Å². The third-order valence-corrected chi connectivity index (χ3v) is 2.10. The number of hydrogen-bond acceptors (Lipinski definition) is 3. The molecule has 1 aliphatic rings. The number of amides is 1. The summed E-state index contributed by atoms with van der Waals surface area (Å²) in [6, 6.07) is 2.03. The lowest BCUT2D eigenvalue weighted by atomic mass is 10.3. The van der Waals surface area contributed by atoms with Gasteiger partial charge in [-0.3, -0.25) is 4.79 Å². The van der Waals surface area contributed by atoms with E-state index in [1.54, 1.807) is 4.90 Å². The zero-order chi connectivity index (χ0) is 9.68. The molecule has 1 saturated heterocycles. The molecule has 1 fully saturated rings. The maximum absolute atomic E-state index is 11.3. The van der Waals surface area contributed by atoms with Crippen LogP contribution in [0.15, 0.2) is 0 Å². The molecule has 0 aromatic heterocycles. The van der Waals surface area contributed by atoms with E-state index in [9.17, 15) is 4.79 Å². The Labute approximate surface area is 78.1 Å². The second kappa shape index (κ2) is 4.83. The molecule has 0 bridgehead atoms. The van der Waals surface area contributed by atoms with Crippen molar-refractivity contribution in [1.29, 1.82) is 5.26 Å². The van der Waals surface area contributed by atoms with Gasteiger partial charge in [-0.1, -0.05) is 0 Å². The summed E-state index contributed by atoms with van der Waals surface area (Å²) in [6.07, 6.45) is 1.61. The molecule has 0 radical (unpaired) electrons. The van der Waals surface area contributed by atoms with Crippen molar-refractivity contribution in [3.63, 3.8) is 0 Å². The maximum Gasteiger partial charge on any atom is 0.224 e. The fourth-order valence-electron chi connectivity index (χ4n) is 1.51. The third-order valence-electron chi connectivity index (χ3n) is 2.10. The van der Waals surface area contributed by atoms with E-state index in [-0.39, 0.29) is 12.1 Å². The highest BCUT2D eigenvalue weighted by atomic mass is 16.5. The van der Waals surface area contributed by atoms with Gasteiger partial charge in [0.15, 0.2) is 0 Å². The molecule has 1 aliphatic heterocycles. The Kier molecular flexibility index (Phi) is 3.71. The molecular formula is C9H14N2O2. The molecular weight excluding hydrogens is 168 g/mol. The molecule has 0 N–H and O–H groups in total. The molecule has 1 atom stereocenters. The molecule has 1 heterocycles. The highest BCUT2D eigenvalue weighted by Crippen LogP contribution is 2.19. The SMILES string of the molecule is CCOC1CCC(=O)N1CCC#N. The fourth-order valence-corrected chi connectivity index (χ4v) is 1.51. The van der Waals surface area contributed by atoms with Crippen LogP contribution in [-0.2, 0) is 9.53 Å². The van der Waals surface area contributed by atoms with Crippen molar-refractivity contribution < 1.29 is 9.53 Å². The topological polar surface area (TPSA) is 53.3 Å². The lowest BCUT2D eigenvalue weighted by Gasteiger charge is -2.23. The highest BCUT2D eigenvalue weighted by Gasteiger charge is 2.30. The van der Waals surface area contributed by atoms with Gasteiger partial charge in [0, 0.05) is 26.0 Å². The quantitative estimate of drug-likeness (QED) is 0.648. The molecule has 0 aromatic carbocycles. The standard InChI is InChI=1S/C9H14N2O2/c1-2-13-9-5-4-8(12)11(9)7-3-6-10/h9H,2-5,7H2,1H3. The van der Waals surface area contributed by atoms with Gasteiger partial charge in [0.05, 0.1) is 12.5 Å². The van der Waals surface area contributed by atoms with Crippen LogP contribution >= 0.6 is 0 Å². The van der Waals surface area contributed by atoms with Crippen LogP contribution in [0.5, 0.6) is 0 Å². The average Bonchev–Trinajstić information content (AvgIpc) is 2.45. The van der Waals surface area contributed by atoms with Gasteiger partial charge in [0.25, 0.3) is 0 Å². The Balaban J connectivity index is 2.45. The summed E-state index contributed by atoms with van der Waals surface area (Å²) in [4.78, 5) is 13.0. The smallest absolute Gasteiger partial charge is 0.224 e. The second-order valence-corrected chi connectivity index (χ2v) is 2.94. The first-order chi connectivity index (χ1) is 6.29. The number of rotatable bonds is 4. The van der Waals surface area contributed by atoms with Crippen LogP contribution in [0.4, 0.5) is 0 Å². The van der Waals surface area contributed by atoms with E-state index in [2.05, 4.69) is 0 Å². The lowest BCUT2D eigenvalue weighted by Crippen LogP contribution is -2.35. The Morgan fingerprint density at radius 1 is 1.77 bits per heavy atom. The van der Waals surface area contributed by atoms with Crippen molar-refractivity contribution in [2.45, 2.75) is 32.4 Å². The average molecular weight is 182 g/mol. The van der Waals surface area contributed by atoms with Crippen LogP contribution < -0.4 is 0 Å². The summed E-state index contributed by atoms with van der Waals surface area (Å²) >= 11 is 0. The predicted molar refractivity (Wildman–Crippen MR) is 46.6 cm³/mol. The minimum atomic E-state index is -0.0918. The highest BCUT2D eigenvalue weighted by molar-refractivity contribution is 5.78. The summed E-state index contributed by atoms with van der Waals surface area (Å²) in [5.41, 5.74) is 0. The number of carbonyl (C=O) groups excluding carboxylic acids is 1. The van der Waals surface area contributed by atoms with E-state index in [0.717, 1.165) is 6.42 Å². The van der Waals surface area contributed by atoms with Gasteiger partial charge in [-0.05, 0) is 6.92 Å². The minimum Gasteiger partial charge on any atom is -0.359 e. The van der Waals surface area contributed by atoms with Crippen LogP contribution in [0.25, 0.3) is 0 Å². The Morgan fingerprint density at radius 3 is 3.15 bits per heavy atom.